The fraction of sp³-hybridized carbons (Fsp3) is 0.389. The Labute approximate surface area is 131 Å². The van der Waals surface area contributed by atoms with E-state index in [9.17, 15) is 8.78 Å². The highest BCUT2D eigenvalue weighted by Gasteiger charge is 2.60. The van der Waals surface area contributed by atoms with E-state index in [0.717, 1.165) is 12.1 Å². The Morgan fingerprint density at radius 2 is 1.83 bits per heavy atom. The molecule has 0 aliphatic heterocycles. The molecule has 116 valence electrons. The summed E-state index contributed by atoms with van der Waals surface area (Å²) in [5, 5.41) is 3.28. The normalized spacial score (nSPS) is 31.5. The van der Waals surface area contributed by atoms with Gasteiger partial charge in [0.25, 0.3) is 0 Å². The molecule has 5 aliphatic rings. The van der Waals surface area contributed by atoms with Crippen LogP contribution in [0.1, 0.15) is 42.2 Å². The molecule has 6 rings (SSSR count). The van der Waals surface area contributed by atoms with E-state index in [1.807, 2.05) is 0 Å². The van der Waals surface area contributed by atoms with Crippen LogP contribution in [0, 0.1) is 5.92 Å². The molecule has 3 nitrogen and oxygen atoms in total. The molecule has 1 aromatic heterocycles. The van der Waals surface area contributed by atoms with Crippen LogP contribution in [0.15, 0.2) is 40.3 Å². The molecule has 1 saturated carbocycles. The maximum Gasteiger partial charge on any atom is 0.216 e. The smallest absolute Gasteiger partial charge is 0.216 e. The highest BCUT2D eigenvalue weighted by atomic mass is 19.1. The van der Waals surface area contributed by atoms with Crippen molar-refractivity contribution in [2.45, 2.75) is 31.1 Å². The molecule has 23 heavy (non-hydrogen) atoms. The van der Waals surface area contributed by atoms with Gasteiger partial charge in [-0.15, -0.1) is 0 Å². The molecule has 0 amide bonds. The van der Waals surface area contributed by atoms with Gasteiger partial charge in [0.15, 0.2) is 0 Å². The van der Waals surface area contributed by atoms with Crippen LogP contribution in [0.2, 0.25) is 0 Å². The fourth-order valence-electron chi connectivity index (χ4n) is 5.14. The second-order valence-corrected chi connectivity index (χ2v) is 7.02. The number of rotatable bonds is 3. The van der Waals surface area contributed by atoms with Gasteiger partial charge in [-0.25, -0.2) is 13.8 Å². The molecule has 1 N–H and O–H groups in total. The lowest BCUT2D eigenvalue weighted by molar-refractivity contribution is 0.388. The number of halogens is 2. The number of fused-ring (bicyclic) bond motifs is 5. The maximum absolute atomic E-state index is 13.9. The van der Waals surface area contributed by atoms with Crippen molar-refractivity contribution in [2.75, 3.05) is 12.4 Å². The summed E-state index contributed by atoms with van der Waals surface area (Å²) in [6, 6.07) is 0. The number of methoxy groups -OCH3 is 1. The predicted octanol–water partition coefficient (Wildman–Crippen LogP) is 4.23. The molecule has 0 radical (unpaired) electrons. The van der Waals surface area contributed by atoms with Gasteiger partial charge in [-0.2, -0.15) is 0 Å². The number of hydrogen-bond donors (Lipinski definition) is 1. The van der Waals surface area contributed by atoms with Crippen molar-refractivity contribution >= 4 is 5.69 Å². The third-order valence-electron chi connectivity index (χ3n) is 6.17. The monoisotopic (exact) mass is 312 g/mol. The summed E-state index contributed by atoms with van der Waals surface area (Å²) in [7, 11) is 1.65. The van der Waals surface area contributed by atoms with E-state index in [-0.39, 0.29) is 23.1 Å². The quantitative estimate of drug-likeness (QED) is 0.907. The minimum Gasteiger partial charge on any atom is -0.481 e. The molecule has 1 aromatic rings. The molecule has 2 bridgehead atoms. The Morgan fingerprint density at radius 3 is 2.52 bits per heavy atom. The van der Waals surface area contributed by atoms with Crippen molar-refractivity contribution in [3.05, 3.63) is 51.4 Å². The maximum atomic E-state index is 13.9. The van der Waals surface area contributed by atoms with Crippen molar-refractivity contribution in [2.24, 2.45) is 5.92 Å². The van der Waals surface area contributed by atoms with Gasteiger partial charge in [-0.1, -0.05) is 0 Å². The number of anilines is 1. The second-order valence-electron chi connectivity index (χ2n) is 7.02. The SMILES string of the molecule is COc1ncc(NC2=C3C(F)=C4C(F)=C2C43)c2c1C1CCC2C1. The van der Waals surface area contributed by atoms with E-state index >= 15 is 0 Å². The van der Waals surface area contributed by atoms with E-state index in [0.29, 0.717) is 34.6 Å². The van der Waals surface area contributed by atoms with Crippen LogP contribution in [0.25, 0.3) is 0 Å². The number of ether oxygens (including phenoxy) is 1. The largest absolute Gasteiger partial charge is 0.481 e. The Kier molecular flexibility index (Phi) is 1.95. The van der Waals surface area contributed by atoms with Crippen molar-refractivity contribution < 1.29 is 13.5 Å². The molecule has 3 unspecified atom stereocenters. The molecule has 0 saturated heterocycles. The third-order valence-corrected chi connectivity index (χ3v) is 6.17. The van der Waals surface area contributed by atoms with Crippen molar-refractivity contribution in [1.82, 2.24) is 4.98 Å². The van der Waals surface area contributed by atoms with Crippen LogP contribution in [0.4, 0.5) is 14.5 Å². The minimum atomic E-state index is -0.371. The van der Waals surface area contributed by atoms with Crippen molar-refractivity contribution in [3.63, 3.8) is 0 Å². The summed E-state index contributed by atoms with van der Waals surface area (Å²) in [4.78, 5) is 4.41. The zero-order valence-electron chi connectivity index (χ0n) is 12.5. The number of pyridine rings is 1. The summed E-state index contributed by atoms with van der Waals surface area (Å²) >= 11 is 0. The Morgan fingerprint density at radius 1 is 1.09 bits per heavy atom. The van der Waals surface area contributed by atoms with Gasteiger partial charge >= 0.3 is 0 Å². The van der Waals surface area contributed by atoms with Crippen LogP contribution < -0.4 is 10.1 Å². The standard InChI is InChI=1S/C18H14F2N2O/c1-23-18-10-7-3-2-6(4-7)9(10)8(5-21-18)22-17-13-11-12(15(13)19)16(20)14(11)17/h5-7,11,22H,2-4H2,1H3. The van der Waals surface area contributed by atoms with Crippen LogP contribution in [0.5, 0.6) is 5.88 Å². The topological polar surface area (TPSA) is 34.1 Å². The summed E-state index contributed by atoms with van der Waals surface area (Å²) < 4.78 is 33.2. The van der Waals surface area contributed by atoms with E-state index in [4.69, 9.17) is 4.74 Å². The average Bonchev–Trinajstić information content (AvgIpc) is 3.14. The van der Waals surface area contributed by atoms with E-state index in [2.05, 4.69) is 10.3 Å². The van der Waals surface area contributed by atoms with Crippen LogP contribution in [0.3, 0.4) is 0 Å². The van der Waals surface area contributed by atoms with Crippen molar-refractivity contribution in [1.29, 1.82) is 0 Å². The summed E-state index contributed by atoms with van der Waals surface area (Å²) in [6.07, 6.45) is 5.23. The lowest BCUT2D eigenvalue weighted by Crippen LogP contribution is -2.44. The van der Waals surface area contributed by atoms with Gasteiger partial charge < -0.3 is 10.1 Å². The first kappa shape index (κ1) is 12.3. The number of allylic oxidation sites excluding steroid dienone is 5. The Bertz CT molecular complexity index is 906. The van der Waals surface area contributed by atoms with Crippen LogP contribution in [-0.4, -0.2) is 12.1 Å². The van der Waals surface area contributed by atoms with Gasteiger partial charge in [0.05, 0.1) is 24.7 Å². The minimum absolute atomic E-state index is 0.0618. The first-order valence-corrected chi connectivity index (χ1v) is 8.09. The predicted molar refractivity (Wildman–Crippen MR) is 80.5 cm³/mol. The molecule has 1 heterocycles. The molecule has 1 fully saturated rings. The summed E-state index contributed by atoms with van der Waals surface area (Å²) in [6.45, 7) is 0. The Balaban J connectivity index is 1.47. The van der Waals surface area contributed by atoms with Gasteiger partial charge in [-0.3, -0.25) is 0 Å². The number of hydrogen-bond acceptors (Lipinski definition) is 3. The average molecular weight is 312 g/mol. The van der Waals surface area contributed by atoms with Gasteiger partial charge in [0, 0.05) is 28.2 Å². The van der Waals surface area contributed by atoms with E-state index in [1.165, 1.54) is 24.0 Å². The van der Waals surface area contributed by atoms with Gasteiger partial charge in [0.1, 0.15) is 11.7 Å². The van der Waals surface area contributed by atoms with Gasteiger partial charge in [0.2, 0.25) is 5.88 Å². The fourth-order valence-corrected chi connectivity index (χ4v) is 5.14. The number of nitrogens with one attached hydrogen (secondary N) is 1. The molecule has 5 aliphatic carbocycles. The molecular weight excluding hydrogens is 298 g/mol. The zero-order valence-corrected chi connectivity index (χ0v) is 12.5. The summed E-state index contributed by atoms with van der Waals surface area (Å²) in [5.41, 5.74) is 5.52. The highest BCUT2D eigenvalue weighted by Crippen LogP contribution is 2.68. The first-order valence-electron chi connectivity index (χ1n) is 8.09. The van der Waals surface area contributed by atoms with E-state index < -0.39 is 0 Å². The van der Waals surface area contributed by atoms with E-state index in [1.54, 1.807) is 13.3 Å². The number of aromatic nitrogens is 1. The van der Waals surface area contributed by atoms with Gasteiger partial charge in [-0.05, 0) is 36.7 Å². The molecule has 3 atom stereocenters. The highest BCUT2D eigenvalue weighted by molar-refractivity contribution is 5.86. The Hall–Kier alpha value is -2.17. The van der Waals surface area contributed by atoms with Crippen LogP contribution in [-0.2, 0) is 0 Å². The second kappa shape index (κ2) is 3.66. The lowest BCUT2D eigenvalue weighted by Gasteiger charge is -2.51. The first-order chi connectivity index (χ1) is 11.2. The molecular formula is C18H14F2N2O. The summed E-state index contributed by atoms with van der Waals surface area (Å²) in [5.74, 6) is 0.918. The molecule has 0 spiro atoms. The molecule has 5 heteroatoms. The third kappa shape index (κ3) is 1.16. The number of nitrogens with zero attached hydrogens (tertiary/aromatic N) is 1. The molecule has 0 aromatic carbocycles. The lowest BCUT2D eigenvalue weighted by atomic mass is 9.54. The van der Waals surface area contributed by atoms with Crippen molar-refractivity contribution in [3.8, 4) is 5.88 Å². The van der Waals surface area contributed by atoms with Crippen LogP contribution >= 0.6 is 0 Å². The zero-order chi connectivity index (χ0) is 15.5.